The molecule has 2 unspecified atom stereocenters. The fourth-order valence-electron chi connectivity index (χ4n) is 1.40. The van der Waals surface area contributed by atoms with Crippen LogP contribution in [0.25, 0.3) is 0 Å². The Morgan fingerprint density at radius 2 is 2.20 bits per heavy atom. The van der Waals surface area contributed by atoms with Crippen LogP contribution in [0.1, 0.15) is 31.0 Å². The summed E-state index contributed by atoms with van der Waals surface area (Å²) in [6, 6.07) is 5.02. The van der Waals surface area contributed by atoms with Gasteiger partial charge in [-0.15, -0.1) is 18.5 Å². The Labute approximate surface area is 96.0 Å². The Balaban J connectivity index is 1.96. The number of nitrogens with one attached hydrogen (secondary N) is 1. The number of hydrogen-bond donors (Lipinski definition) is 1. The lowest BCUT2D eigenvalue weighted by molar-refractivity contribution is 0.685. The van der Waals surface area contributed by atoms with Crippen LogP contribution in [0.5, 0.6) is 0 Å². The van der Waals surface area contributed by atoms with E-state index in [-0.39, 0.29) is 4.90 Å². The maximum Gasteiger partial charge on any atom is 0.0537 e. The molecule has 0 aromatic carbocycles. The molecular formula is C11H18N2P2. The van der Waals surface area contributed by atoms with E-state index in [1.165, 1.54) is 18.4 Å². The first kappa shape index (κ1) is 11.5. The quantitative estimate of drug-likeness (QED) is 0.816. The molecule has 1 saturated carbocycles. The van der Waals surface area contributed by atoms with Gasteiger partial charge >= 0.3 is 0 Å². The van der Waals surface area contributed by atoms with Crippen molar-refractivity contribution < 1.29 is 0 Å². The lowest BCUT2D eigenvalue weighted by Crippen LogP contribution is -2.15. The van der Waals surface area contributed by atoms with Crippen molar-refractivity contribution in [2.75, 3.05) is 0 Å². The fraction of sp³-hybridized carbons (Fsp3) is 0.545. The second kappa shape index (κ2) is 4.45. The molecule has 0 bridgehead atoms. The van der Waals surface area contributed by atoms with Crippen LogP contribution in [-0.2, 0) is 11.4 Å². The molecule has 2 rings (SSSR count). The predicted molar refractivity (Wildman–Crippen MR) is 70.9 cm³/mol. The minimum absolute atomic E-state index is 0.0115. The minimum atomic E-state index is -0.0115. The Morgan fingerprint density at radius 3 is 2.67 bits per heavy atom. The molecule has 0 aliphatic heterocycles. The summed E-state index contributed by atoms with van der Waals surface area (Å²) in [4.78, 5) is 4.46. The first-order chi connectivity index (χ1) is 7.05. The van der Waals surface area contributed by atoms with Crippen LogP contribution in [0, 0.1) is 0 Å². The molecule has 2 atom stereocenters. The van der Waals surface area contributed by atoms with Gasteiger partial charge in [-0.25, -0.2) is 0 Å². The van der Waals surface area contributed by atoms with Crippen LogP contribution < -0.4 is 5.32 Å². The third kappa shape index (κ3) is 3.48. The van der Waals surface area contributed by atoms with Crippen LogP contribution in [0.3, 0.4) is 0 Å². The van der Waals surface area contributed by atoms with Gasteiger partial charge in [0.15, 0.2) is 0 Å². The minimum Gasteiger partial charge on any atom is -0.310 e. The highest BCUT2D eigenvalue weighted by Gasteiger charge is 2.20. The van der Waals surface area contributed by atoms with Crippen LogP contribution in [0.2, 0.25) is 0 Å². The van der Waals surface area contributed by atoms with Gasteiger partial charge in [-0.2, -0.15) is 0 Å². The van der Waals surface area contributed by atoms with Gasteiger partial charge in [-0.05, 0) is 31.4 Å². The van der Waals surface area contributed by atoms with Crippen molar-refractivity contribution in [1.29, 1.82) is 0 Å². The molecule has 1 heterocycles. The third-order valence-corrected chi connectivity index (χ3v) is 3.14. The molecule has 0 saturated heterocycles. The van der Waals surface area contributed by atoms with Gasteiger partial charge in [-0.1, -0.05) is 6.07 Å². The van der Waals surface area contributed by atoms with Gasteiger partial charge < -0.3 is 5.32 Å². The summed E-state index contributed by atoms with van der Waals surface area (Å²) in [5.74, 6) is 0. The van der Waals surface area contributed by atoms with E-state index in [2.05, 4.69) is 47.8 Å². The van der Waals surface area contributed by atoms with Crippen LogP contribution in [-0.4, -0.2) is 11.0 Å². The van der Waals surface area contributed by atoms with Crippen LogP contribution >= 0.6 is 18.5 Å². The van der Waals surface area contributed by atoms with E-state index in [1.54, 1.807) is 0 Å². The number of rotatable bonds is 4. The zero-order chi connectivity index (χ0) is 10.9. The van der Waals surface area contributed by atoms with Gasteiger partial charge in [0.25, 0.3) is 0 Å². The standard InChI is InChI=1S/C11H18N2P2/c1-11(14,15)10-5-2-8(7-13-10)6-12-9-3-4-9/h2,5,7,9,12H,3-4,6,14-15H2,1H3. The summed E-state index contributed by atoms with van der Waals surface area (Å²) < 4.78 is 0. The van der Waals surface area contributed by atoms with Crippen LogP contribution in [0.4, 0.5) is 0 Å². The zero-order valence-electron chi connectivity index (χ0n) is 9.03. The molecule has 0 amide bonds. The number of hydrogen-bond acceptors (Lipinski definition) is 2. The molecule has 0 radical (unpaired) electrons. The van der Waals surface area contributed by atoms with Crippen molar-refractivity contribution in [3.8, 4) is 0 Å². The molecule has 82 valence electrons. The third-order valence-electron chi connectivity index (χ3n) is 2.55. The molecule has 2 nitrogen and oxygen atoms in total. The van der Waals surface area contributed by atoms with Crippen molar-refractivity contribution in [3.05, 3.63) is 29.6 Å². The van der Waals surface area contributed by atoms with E-state index < -0.39 is 0 Å². The second-order valence-electron chi connectivity index (χ2n) is 4.49. The molecule has 1 aromatic rings. The normalized spacial score (nSPS) is 16.7. The number of pyridine rings is 1. The van der Waals surface area contributed by atoms with Crippen molar-refractivity contribution in [2.24, 2.45) is 0 Å². The lowest BCUT2D eigenvalue weighted by atomic mass is 10.2. The number of aromatic nitrogens is 1. The zero-order valence-corrected chi connectivity index (χ0v) is 11.3. The highest BCUT2D eigenvalue weighted by molar-refractivity contribution is 7.38. The van der Waals surface area contributed by atoms with Crippen molar-refractivity contribution in [3.63, 3.8) is 0 Å². The SMILES string of the molecule is CC(P)(P)c1ccc(CNC2CC2)cn1. The summed E-state index contributed by atoms with van der Waals surface area (Å²) in [5, 5.41) is 3.48. The summed E-state index contributed by atoms with van der Waals surface area (Å²) in [6.07, 6.45) is 4.64. The van der Waals surface area contributed by atoms with Crippen molar-refractivity contribution in [1.82, 2.24) is 10.3 Å². The summed E-state index contributed by atoms with van der Waals surface area (Å²) in [6.45, 7) is 3.06. The van der Waals surface area contributed by atoms with E-state index in [0.29, 0.717) is 0 Å². The van der Waals surface area contributed by atoms with Gasteiger partial charge in [0.05, 0.1) is 5.69 Å². The molecule has 1 N–H and O–H groups in total. The van der Waals surface area contributed by atoms with E-state index in [9.17, 15) is 0 Å². The molecule has 1 aromatic heterocycles. The molecule has 15 heavy (non-hydrogen) atoms. The van der Waals surface area contributed by atoms with E-state index in [4.69, 9.17) is 0 Å². The summed E-state index contributed by atoms with van der Waals surface area (Å²) in [7, 11) is 5.57. The Bertz CT molecular complexity index is 325. The average molecular weight is 240 g/mol. The molecule has 1 aliphatic carbocycles. The maximum atomic E-state index is 4.47. The first-order valence-corrected chi connectivity index (χ1v) is 6.48. The van der Waals surface area contributed by atoms with Crippen molar-refractivity contribution in [2.45, 2.75) is 37.2 Å². The van der Waals surface area contributed by atoms with Crippen molar-refractivity contribution >= 4 is 18.5 Å². The highest BCUT2D eigenvalue weighted by Crippen LogP contribution is 2.36. The molecule has 4 heteroatoms. The van der Waals surface area contributed by atoms with Gasteiger partial charge in [-0.3, -0.25) is 4.98 Å². The Kier molecular flexibility index (Phi) is 3.40. The largest absolute Gasteiger partial charge is 0.310 e. The first-order valence-electron chi connectivity index (χ1n) is 5.32. The summed E-state index contributed by atoms with van der Waals surface area (Å²) >= 11 is 0. The topological polar surface area (TPSA) is 24.9 Å². The van der Waals surface area contributed by atoms with Gasteiger partial charge in [0.1, 0.15) is 0 Å². The monoisotopic (exact) mass is 240 g/mol. The molecule has 1 fully saturated rings. The van der Waals surface area contributed by atoms with Gasteiger partial charge in [0.2, 0.25) is 0 Å². The molecule has 1 aliphatic rings. The lowest BCUT2D eigenvalue weighted by Gasteiger charge is -2.17. The molecule has 0 spiro atoms. The maximum absolute atomic E-state index is 4.47. The van der Waals surface area contributed by atoms with E-state index in [0.717, 1.165) is 18.3 Å². The van der Waals surface area contributed by atoms with E-state index >= 15 is 0 Å². The van der Waals surface area contributed by atoms with E-state index in [1.807, 2.05) is 6.20 Å². The average Bonchev–Trinajstić information content (AvgIpc) is 2.97. The van der Waals surface area contributed by atoms with Crippen LogP contribution in [0.15, 0.2) is 18.3 Å². The highest BCUT2D eigenvalue weighted by atomic mass is 31.1. The fourth-order valence-corrected chi connectivity index (χ4v) is 1.74. The predicted octanol–water partition coefficient (Wildman–Crippen LogP) is 2.26. The Hall–Kier alpha value is -0.0300. The Morgan fingerprint density at radius 1 is 1.47 bits per heavy atom. The number of nitrogens with zero attached hydrogens (tertiary/aromatic N) is 1. The summed E-state index contributed by atoms with van der Waals surface area (Å²) in [5.41, 5.74) is 2.36. The van der Waals surface area contributed by atoms with Gasteiger partial charge in [0, 0.05) is 23.7 Å². The molecular weight excluding hydrogens is 222 g/mol. The second-order valence-corrected chi connectivity index (χ2v) is 7.55. The smallest absolute Gasteiger partial charge is 0.0537 e.